The molecule has 1 fully saturated rings. The number of nitrogens with two attached hydrogens (primary N) is 2. The number of fused-ring (bicyclic) bond motifs is 4. The Hall–Kier alpha value is -4.48. The van der Waals surface area contributed by atoms with Gasteiger partial charge < -0.3 is 16.2 Å². The molecule has 2 aromatic carbocycles. The minimum Gasteiger partial charge on any atom is -0.488 e. The van der Waals surface area contributed by atoms with Crippen LogP contribution in [0.2, 0.25) is 0 Å². The molecular weight excluding hydrogens is 779 g/mol. The lowest BCUT2D eigenvalue weighted by Gasteiger charge is -2.45. The van der Waals surface area contributed by atoms with Crippen molar-refractivity contribution in [2.45, 2.75) is 135 Å². The Bertz CT molecular complexity index is 2460. The zero-order valence-corrected chi connectivity index (χ0v) is 38.5. The molecule has 0 radical (unpaired) electrons. The Labute approximate surface area is 383 Å². The van der Waals surface area contributed by atoms with E-state index in [4.69, 9.17) is 16.2 Å². The van der Waals surface area contributed by atoms with E-state index >= 15 is 0 Å². The number of benzene rings is 2. The molecule has 11 rings (SSSR count). The average Bonchev–Trinajstić information content (AvgIpc) is 3.84. The van der Waals surface area contributed by atoms with Gasteiger partial charge in [0, 0.05) is 11.8 Å². The van der Waals surface area contributed by atoms with Gasteiger partial charge in [-0.1, -0.05) is 123 Å². The van der Waals surface area contributed by atoms with Crippen molar-refractivity contribution in [3.63, 3.8) is 0 Å². The van der Waals surface area contributed by atoms with Crippen molar-refractivity contribution in [3.05, 3.63) is 172 Å². The lowest BCUT2D eigenvalue weighted by molar-refractivity contribution is 0.0994. The largest absolute Gasteiger partial charge is 0.488 e. The maximum atomic E-state index is 8.09. The molecule has 9 aliphatic rings. The molecule has 1 saturated carbocycles. The van der Waals surface area contributed by atoms with Crippen molar-refractivity contribution in [2.75, 3.05) is 0 Å². The van der Waals surface area contributed by atoms with E-state index in [9.17, 15) is 0 Å². The standard InChI is InChI=1S/C60H71N3O/c1-59(2)54-30-13-12-25-50(54)51-32-31-39(33-55(51)59)38-60(62,47-36-45(40-17-6-3-7-18-40)35-46(37-47)41-19-8-4-9-20-41)63-58(61)44-24-14-23-43(34-44)49-27-16-29-53-52-28-15-26-48(56(52)64-57(49)53)42-21-10-5-11-22-42/h3,6-8,10,12,16-23,25,27,29,35-37,39,44,48,51,53,55,57-58,63H,4-5,9,11,13-15,24,26,28,30-34,38,61-62H2,1-2H3/t39?,44?,48-,51?,53?,55?,57?,58?,60+/m1/s1. The normalized spacial score (nSPS) is 31.7. The first-order valence-corrected chi connectivity index (χ1v) is 25.4. The summed E-state index contributed by atoms with van der Waals surface area (Å²) < 4.78 is 7.17. The highest BCUT2D eigenvalue weighted by atomic mass is 16.5. The van der Waals surface area contributed by atoms with Crippen molar-refractivity contribution in [1.82, 2.24) is 5.32 Å². The second kappa shape index (κ2) is 17.4. The van der Waals surface area contributed by atoms with Gasteiger partial charge in [-0.25, -0.2) is 0 Å². The first-order chi connectivity index (χ1) is 31.2. The minimum absolute atomic E-state index is 0.0551. The molecular formula is C60H71N3O. The van der Waals surface area contributed by atoms with Crippen LogP contribution < -0.4 is 16.8 Å². The number of ether oxygens (including phenoxy) is 1. The Morgan fingerprint density at radius 3 is 2.48 bits per heavy atom. The minimum atomic E-state index is -0.820. The quantitative estimate of drug-likeness (QED) is 0.208. The van der Waals surface area contributed by atoms with Gasteiger partial charge in [-0.2, -0.15) is 0 Å². The van der Waals surface area contributed by atoms with E-state index in [0.717, 1.165) is 63.4 Å². The Kier molecular flexibility index (Phi) is 11.5. The van der Waals surface area contributed by atoms with Crippen molar-refractivity contribution < 1.29 is 4.74 Å². The summed E-state index contributed by atoms with van der Waals surface area (Å²) in [6, 6.07) is 18.0. The predicted molar refractivity (Wildman–Crippen MR) is 265 cm³/mol. The van der Waals surface area contributed by atoms with Crippen LogP contribution in [-0.4, -0.2) is 12.3 Å². The van der Waals surface area contributed by atoms with Gasteiger partial charge in [0.1, 0.15) is 11.9 Å². The van der Waals surface area contributed by atoms with Crippen LogP contribution in [0.4, 0.5) is 0 Å². The van der Waals surface area contributed by atoms with Crippen LogP contribution in [0.25, 0.3) is 16.7 Å². The fourth-order valence-electron chi connectivity index (χ4n) is 14.1. The highest BCUT2D eigenvalue weighted by molar-refractivity contribution is 5.79. The zero-order valence-electron chi connectivity index (χ0n) is 38.5. The summed E-state index contributed by atoms with van der Waals surface area (Å²) in [5.74, 6) is 4.05. The van der Waals surface area contributed by atoms with Crippen molar-refractivity contribution >= 4 is 5.57 Å². The van der Waals surface area contributed by atoms with Crippen LogP contribution in [0.1, 0.15) is 128 Å². The molecule has 7 unspecified atom stereocenters. The molecule has 0 spiro atoms. The van der Waals surface area contributed by atoms with Crippen molar-refractivity contribution in [3.8, 4) is 11.1 Å². The van der Waals surface area contributed by atoms with Crippen LogP contribution in [0, 0.1) is 40.9 Å². The second-order valence-corrected chi connectivity index (χ2v) is 21.5. The monoisotopic (exact) mass is 850 g/mol. The molecule has 1 heterocycles. The first-order valence-electron chi connectivity index (χ1n) is 25.4. The van der Waals surface area contributed by atoms with Gasteiger partial charge in [0.05, 0.1) is 11.8 Å². The van der Waals surface area contributed by atoms with Crippen molar-refractivity contribution in [2.24, 2.45) is 52.4 Å². The molecule has 4 nitrogen and oxygen atoms in total. The molecule has 0 amide bonds. The number of nitrogens with one attached hydrogen (secondary N) is 1. The van der Waals surface area contributed by atoms with Gasteiger partial charge in [0.2, 0.25) is 0 Å². The highest BCUT2D eigenvalue weighted by Gasteiger charge is 2.51. The molecule has 2 aromatic rings. The van der Waals surface area contributed by atoms with E-state index in [0.29, 0.717) is 29.6 Å². The number of allylic oxidation sites excluding steroid dienone is 15. The lowest BCUT2D eigenvalue weighted by atomic mass is 9.64. The molecule has 9 atom stereocenters. The lowest BCUT2D eigenvalue weighted by Crippen LogP contribution is -2.60. The Morgan fingerprint density at radius 1 is 0.828 bits per heavy atom. The van der Waals surface area contributed by atoms with Gasteiger partial charge >= 0.3 is 0 Å². The summed E-state index contributed by atoms with van der Waals surface area (Å²) in [6.07, 6.45) is 46.4. The molecule has 0 bridgehead atoms. The van der Waals surface area contributed by atoms with E-state index in [-0.39, 0.29) is 23.6 Å². The third kappa shape index (κ3) is 7.80. The summed E-state index contributed by atoms with van der Waals surface area (Å²) in [5.41, 5.74) is 30.3. The van der Waals surface area contributed by atoms with Gasteiger partial charge in [-0.15, -0.1) is 0 Å². The number of hydrogen-bond donors (Lipinski definition) is 3. The molecule has 0 aromatic heterocycles. The Balaban J connectivity index is 0.885. The zero-order chi connectivity index (χ0) is 43.4. The van der Waals surface area contributed by atoms with E-state index in [1.807, 2.05) is 0 Å². The van der Waals surface area contributed by atoms with E-state index in [1.54, 1.807) is 16.7 Å². The smallest absolute Gasteiger partial charge is 0.134 e. The predicted octanol–water partition coefficient (Wildman–Crippen LogP) is 13.8. The fraction of sp³-hybridized carbons (Fsp3) is 0.467. The molecule has 0 saturated heterocycles. The van der Waals surface area contributed by atoms with Gasteiger partial charge in [0.25, 0.3) is 0 Å². The summed E-state index contributed by atoms with van der Waals surface area (Å²) in [6.45, 7) is 5.08. The second-order valence-electron chi connectivity index (χ2n) is 21.5. The topological polar surface area (TPSA) is 73.3 Å². The van der Waals surface area contributed by atoms with Crippen LogP contribution in [0.15, 0.2) is 161 Å². The van der Waals surface area contributed by atoms with Crippen LogP contribution in [-0.2, 0) is 10.4 Å². The highest BCUT2D eigenvalue weighted by Crippen LogP contribution is 2.60. The fourth-order valence-corrected chi connectivity index (χ4v) is 14.1. The van der Waals surface area contributed by atoms with Crippen LogP contribution in [0.3, 0.4) is 0 Å². The molecule has 8 aliphatic carbocycles. The van der Waals surface area contributed by atoms with E-state index in [1.165, 1.54) is 89.7 Å². The maximum Gasteiger partial charge on any atom is 0.134 e. The summed E-state index contributed by atoms with van der Waals surface area (Å²) in [4.78, 5) is 0. The molecule has 5 N–H and O–H groups in total. The average molecular weight is 850 g/mol. The Morgan fingerprint density at radius 2 is 1.66 bits per heavy atom. The van der Waals surface area contributed by atoms with E-state index < -0.39 is 5.66 Å². The van der Waals surface area contributed by atoms with E-state index in [2.05, 4.69) is 141 Å². The van der Waals surface area contributed by atoms with Crippen LogP contribution >= 0.6 is 0 Å². The number of rotatable bonds is 10. The summed E-state index contributed by atoms with van der Waals surface area (Å²) in [5, 5.41) is 4.10. The third-order valence-electron chi connectivity index (χ3n) is 17.4. The third-order valence-corrected chi connectivity index (χ3v) is 17.4. The first kappa shape index (κ1) is 42.2. The SMILES string of the molecule is CC1(C)C2=C(C=CCC2)C2CCC(C[C@](N)(NC(N)C3CCC=C(C4=CC=CC5C6=C(OC45)[C@@H](C4=CCCC=C4)CCC6)C3)c3cc(C4=CCCC=C4)cc(-c4ccccc4)c3)CC21. The van der Waals surface area contributed by atoms with Crippen molar-refractivity contribution in [1.29, 1.82) is 0 Å². The van der Waals surface area contributed by atoms with Gasteiger partial charge in [-0.3, -0.25) is 5.32 Å². The molecule has 4 heteroatoms. The molecule has 64 heavy (non-hydrogen) atoms. The van der Waals surface area contributed by atoms with Gasteiger partial charge in [0.15, 0.2) is 0 Å². The van der Waals surface area contributed by atoms with Gasteiger partial charge in [-0.05, 0) is 206 Å². The maximum absolute atomic E-state index is 8.09. The molecule has 332 valence electrons. The van der Waals surface area contributed by atoms with Crippen LogP contribution in [0.5, 0.6) is 0 Å². The molecule has 1 aliphatic heterocycles. The summed E-state index contributed by atoms with van der Waals surface area (Å²) in [7, 11) is 0. The summed E-state index contributed by atoms with van der Waals surface area (Å²) >= 11 is 0. The number of hydrogen-bond acceptors (Lipinski definition) is 4.